The van der Waals surface area contributed by atoms with E-state index in [-0.39, 0.29) is 11.4 Å². The number of alkyl halides is 3. The molecule has 0 saturated heterocycles. The van der Waals surface area contributed by atoms with E-state index in [1.54, 1.807) is 97.1 Å². The van der Waals surface area contributed by atoms with Crippen LogP contribution in [0.5, 0.6) is 0 Å². The van der Waals surface area contributed by atoms with Gasteiger partial charge >= 0.3 is 6.18 Å². The Morgan fingerprint density at radius 1 is 0.761 bits per heavy atom. The van der Waals surface area contributed by atoms with Gasteiger partial charge in [-0.05, 0) is 60.2 Å². The largest absolute Gasteiger partial charge is 0.465 e. The second-order valence-corrected chi connectivity index (χ2v) is 11.0. The van der Waals surface area contributed by atoms with Gasteiger partial charge in [0, 0.05) is 22.2 Å². The Morgan fingerprint density at radius 2 is 1.46 bits per heavy atom. The van der Waals surface area contributed by atoms with Crippen molar-refractivity contribution in [1.29, 1.82) is 0 Å². The number of thioether (sulfide) groups is 1. The van der Waals surface area contributed by atoms with Crippen molar-refractivity contribution in [3.63, 3.8) is 0 Å². The standard InChI is InChI=1S/C35H26F3N3O4S/c36-35(37,38)28-18-7-8-19-29(28)40-34(44)31(23-11-3-1-4-12-23)46-27-17-9-15-25(21-27)39-33(43)30(22-26-16-10-20-45-26)41-32(42)24-13-5-2-6-14-24/h1-22,31H,(H,39,43)(H,40,44)(H,41,42)/b30-22-. The fourth-order valence-corrected chi connectivity index (χ4v) is 5.46. The lowest BCUT2D eigenvalue weighted by molar-refractivity contribution is -0.137. The molecule has 1 atom stereocenters. The van der Waals surface area contributed by atoms with Gasteiger partial charge in [-0.15, -0.1) is 11.8 Å². The first-order valence-corrected chi connectivity index (χ1v) is 14.8. The van der Waals surface area contributed by atoms with Crippen LogP contribution in [0, 0.1) is 0 Å². The minimum absolute atomic E-state index is 0.0771. The Hall–Kier alpha value is -5.55. The smallest absolute Gasteiger partial charge is 0.418 e. The molecule has 232 valence electrons. The van der Waals surface area contributed by atoms with Crippen molar-refractivity contribution in [2.75, 3.05) is 10.6 Å². The highest BCUT2D eigenvalue weighted by Crippen LogP contribution is 2.39. The molecule has 4 aromatic carbocycles. The van der Waals surface area contributed by atoms with Crippen LogP contribution in [-0.2, 0) is 15.8 Å². The molecule has 0 radical (unpaired) electrons. The zero-order valence-electron chi connectivity index (χ0n) is 24.0. The van der Waals surface area contributed by atoms with Crippen molar-refractivity contribution in [1.82, 2.24) is 5.32 Å². The Balaban J connectivity index is 1.37. The first-order chi connectivity index (χ1) is 22.2. The van der Waals surface area contributed by atoms with Crippen LogP contribution < -0.4 is 16.0 Å². The van der Waals surface area contributed by atoms with Crippen LogP contribution in [-0.4, -0.2) is 17.7 Å². The molecule has 3 N–H and O–H groups in total. The van der Waals surface area contributed by atoms with Gasteiger partial charge in [0.05, 0.1) is 17.5 Å². The molecule has 1 aromatic heterocycles. The van der Waals surface area contributed by atoms with E-state index >= 15 is 0 Å². The van der Waals surface area contributed by atoms with Crippen molar-refractivity contribution >= 4 is 46.9 Å². The summed E-state index contributed by atoms with van der Waals surface area (Å²) < 4.78 is 46.2. The van der Waals surface area contributed by atoms with E-state index in [1.807, 2.05) is 0 Å². The van der Waals surface area contributed by atoms with Gasteiger partial charge in [0.1, 0.15) is 16.7 Å². The maximum absolute atomic E-state index is 13.6. The molecule has 11 heteroatoms. The van der Waals surface area contributed by atoms with Crippen LogP contribution in [0.15, 0.2) is 143 Å². The number of hydrogen-bond acceptors (Lipinski definition) is 5. The van der Waals surface area contributed by atoms with E-state index in [1.165, 1.54) is 30.5 Å². The highest BCUT2D eigenvalue weighted by atomic mass is 32.2. The molecular formula is C35H26F3N3O4S. The van der Waals surface area contributed by atoms with E-state index in [9.17, 15) is 27.6 Å². The summed E-state index contributed by atoms with van der Waals surface area (Å²) in [5.74, 6) is -1.45. The maximum Gasteiger partial charge on any atom is 0.418 e. The lowest BCUT2D eigenvalue weighted by Crippen LogP contribution is -2.30. The summed E-state index contributed by atoms with van der Waals surface area (Å²) >= 11 is 1.10. The maximum atomic E-state index is 13.6. The SMILES string of the molecule is O=C(Nc1cccc(SC(C(=O)Nc2ccccc2C(F)(F)F)c2ccccc2)c1)/C(=C/c1ccco1)NC(=O)c1ccccc1. The minimum Gasteiger partial charge on any atom is -0.465 e. The Kier molecular flexibility index (Phi) is 10.0. The normalized spacial score (nSPS) is 12.2. The molecule has 0 spiro atoms. The molecule has 0 aliphatic heterocycles. The van der Waals surface area contributed by atoms with Crippen LogP contribution in [0.2, 0.25) is 0 Å². The van der Waals surface area contributed by atoms with Crippen LogP contribution >= 0.6 is 11.8 Å². The van der Waals surface area contributed by atoms with Gasteiger partial charge in [0.2, 0.25) is 5.91 Å². The summed E-state index contributed by atoms with van der Waals surface area (Å²) in [7, 11) is 0. The van der Waals surface area contributed by atoms with Crippen LogP contribution in [0.4, 0.5) is 24.5 Å². The monoisotopic (exact) mass is 641 g/mol. The quantitative estimate of drug-likeness (QED) is 0.106. The number of para-hydroxylation sites is 1. The number of nitrogens with one attached hydrogen (secondary N) is 3. The highest BCUT2D eigenvalue weighted by molar-refractivity contribution is 8.00. The third kappa shape index (κ3) is 8.33. The number of rotatable bonds is 10. The second kappa shape index (κ2) is 14.5. The van der Waals surface area contributed by atoms with Crippen molar-refractivity contribution in [3.05, 3.63) is 156 Å². The third-order valence-corrected chi connectivity index (χ3v) is 7.78. The zero-order valence-corrected chi connectivity index (χ0v) is 24.8. The lowest BCUT2D eigenvalue weighted by atomic mass is 10.1. The molecule has 1 unspecified atom stereocenters. The topological polar surface area (TPSA) is 100 Å². The average Bonchev–Trinajstić information content (AvgIpc) is 3.57. The molecule has 0 aliphatic rings. The molecule has 3 amide bonds. The number of carbonyl (C=O) groups is 3. The first-order valence-electron chi connectivity index (χ1n) is 13.9. The van der Waals surface area contributed by atoms with Gasteiger partial charge in [0.15, 0.2) is 0 Å². The summed E-state index contributed by atoms with van der Waals surface area (Å²) in [4.78, 5) is 40.3. The summed E-state index contributed by atoms with van der Waals surface area (Å²) in [6, 6.07) is 31.7. The summed E-state index contributed by atoms with van der Waals surface area (Å²) in [6.45, 7) is 0. The zero-order chi connectivity index (χ0) is 32.5. The molecular weight excluding hydrogens is 615 g/mol. The summed E-state index contributed by atoms with van der Waals surface area (Å²) in [6.07, 6.45) is -1.83. The summed E-state index contributed by atoms with van der Waals surface area (Å²) in [5, 5.41) is 6.89. The number of benzene rings is 4. The van der Waals surface area contributed by atoms with Gasteiger partial charge in [-0.3, -0.25) is 14.4 Å². The van der Waals surface area contributed by atoms with Crippen LogP contribution in [0.1, 0.15) is 32.5 Å². The van der Waals surface area contributed by atoms with Gasteiger partial charge in [-0.1, -0.05) is 66.7 Å². The van der Waals surface area contributed by atoms with E-state index in [2.05, 4.69) is 16.0 Å². The van der Waals surface area contributed by atoms with Crippen LogP contribution in [0.3, 0.4) is 0 Å². The molecule has 7 nitrogen and oxygen atoms in total. The van der Waals surface area contributed by atoms with Gasteiger partial charge in [-0.25, -0.2) is 0 Å². The van der Waals surface area contributed by atoms with Crippen LogP contribution in [0.25, 0.3) is 6.08 Å². The van der Waals surface area contributed by atoms with Crippen molar-refractivity contribution < 1.29 is 32.0 Å². The minimum atomic E-state index is -4.66. The van der Waals surface area contributed by atoms with Crippen molar-refractivity contribution in [3.8, 4) is 0 Å². The molecule has 0 aliphatic carbocycles. The average molecular weight is 642 g/mol. The van der Waals surface area contributed by atoms with E-state index in [4.69, 9.17) is 4.42 Å². The van der Waals surface area contributed by atoms with E-state index < -0.39 is 34.7 Å². The Labute approximate surface area is 266 Å². The number of halogens is 3. The molecule has 0 saturated carbocycles. The molecule has 0 fully saturated rings. The second-order valence-electron chi connectivity index (χ2n) is 9.82. The number of amides is 3. The number of carbonyl (C=O) groups excluding carboxylic acids is 3. The predicted octanol–water partition coefficient (Wildman–Crippen LogP) is 8.18. The van der Waals surface area contributed by atoms with E-state index in [0.717, 1.165) is 17.8 Å². The Morgan fingerprint density at radius 3 is 2.15 bits per heavy atom. The number of furan rings is 1. The molecule has 1 heterocycles. The van der Waals surface area contributed by atoms with Crippen molar-refractivity contribution in [2.45, 2.75) is 16.3 Å². The van der Waals surface area contributed by atoms with Gasteiger partial charge < -0.3 is 20.4 Å². The molecule has 46 heavy (non-hydrogen) atoms. The van der Waals surface area contributed by atoms with Gasteiger partial charge in [-0.2, -0.15) is 13.2 Å². The fourth-order valence-electron chi connectivity index (χ4n) is 4.38. The molecule has 5 aromatic rings. The third-order valence-electron chi connectivity index (χ3n) is 6.54. The first kappa shape index (κ1) is 31.9. The Bertz CT molecular complexity index is 1840. The van der Waals surface area contributed by atoms with E-state index in [0.29, 0.717) is 27.5 Å². The highest BCUT2D eigenvalue weighted by Gasteiger charge is 2.34. The summed E-state index contributed by atoms with van der Waals surface area (Å²) in [5.41, 5.74) is -0.118. The number of anilines is 2. The van der Waals surface area contributed by atoms with Gasteiger partial charge in [0.25, 0.3) is 11.8 Å². The fraction of sp³-hybridized carbons (Fsp3) is 0.0571. The van der Waals surface area contributed by atoms with Crippen molar-refractivity contribution in [2.24, 2.45) is 0 Å². The number of hydrogen-bond donors (Lipinski definition) is 3. The molecule has 5 rings (SSSR count). The molecule has 0 bridgehead atoms. The predicted molar refractivity (Wildman–Crippen MR) is 171 cm³/mol. The lowest BCUT2D eigenvalue weighted by Gasteiger charge is -2.19.